The molecule has 1 heterocycles. The predicted octanol–water partition coefficient (Wildman–Crippen LogP) is -0.695. The van der Waals surface area contributed by atoms with Crippen LogP contribution in [0, 0.1) is 0 Å². The van der Waals surface area contributed by atoms with E-state index >= 15 is 0 Å². The first-order valence-corrected chi connectivity index (χ1v) is 26.4. The van der Waals surface area contributed by atoms with Crippen molar-refractivity contribution < 1.29 is 15.3 Å². The molecule has 0 bridgehead atoms. The summed E-state index contributed by atoms with van der Waals surface area (Å²) < 4.78 is 3.82. The molecule has 0 aromatic heterocycles. The molecule has 4 rings (SSSR count). The Kier molecular flexibility index (Phi) is 4.76. The second-order valence-electron chi connectivity index (χ2n) is 6.10. The second kappa shape index (κ2) is 6.94. The average Bonchev–Trinajstić information content (AvgIpc) is 3.37. The van der Waals surface area contributed by atoms with Crippen LogP contribution >= 0.6 is 0 Å². The van der Waals surface area contributed by atoms with Gasteiger partial charge in [-0.1, -0.05) is 0 Å². The van der Waals surface area contributed by atoms with Crippen molar-refractivity contribution in [2.75, 3.05) is 17.2 Å². The third-order valence-electron chi connectivity index (χ3n) is 4.23. The quantitative estimate of drug-likeness (QED) is 0.145. The Balaban J connectivity index is 1.78. The van der Waals surface area contributed by atoms with Gasteiger partial charge in [-0.3, -0.25) is 0 Å². The van der Waals surface area contributed by atoms with Crippen LogP contribution in [0.15, 0.2) is 54.6 Å². The van der Waals surface area contributed by atoms with Crippen LogP contribution in [0.5, 0.6) is 17.2 Å². The molecular formula is C18H18As3N3O3. The van der Waals surface area contributed by atoms with E-state index in [2.05, 4.69) is 0 Å². The third kappa shape index (κ3) is 3.38. The zero-order chi connectivity index (χ0) is 19.3. The van der Waals surface area contributed by atoms with E-state index in [9.17, 15) is 15.3 Å². The molecule has 3 aromatic rings. The molecule has 3 aromatic carbocycles. The first kappa shape index (κ1) is 18.5. The Hall–Kier alpha value is -1.86. The first-order chi connectivity index (χ1) is 12.9. The number of benzene rings is 3. The van der Waals surface area contributed by atoms with E-state index in [-0.39, 0.29) is 17.2 Å². The van der Waals surface area contributed by atoms with E-state index in [0.717, 1.165) is 0 Å². The number of anilines is 3. The number of hydrogen-bond acceptors (Lipinski definition) is 6. The second-order valence-corrected chi connectivity index (χ2v) is 62.3. The van der Waals surface area contributed by atoms with E-state index in [1.54, 1.807) is 18.2 Å². The van der Waals surface area contributed by atoms with Crippen molar-refractivity contribution in [2.45, 2.75) is 0 Å². The van der Waals surface area contributed by atoms with Crippen molar-refractivity contribution in [3.63, 3.8) is 0 Å². The fourth-order valence-electron chi connectivity index (χ4n) is 2.78. The van der Waals surface area contributed by atoms with Crippen molar-refractivity contribution in [3.8, 4) is 17.2 Å². The van der Waals surface area contributed by atoms with Crippen LogP contribution in [0.25, 0.3) is 0 Å². The van der Waals surface area contributed by atoms with Gasteiger partial charge in [-0.2, -0.15) is 0 Å². The molecule has 0 radical (unpaired) electrons. The van der Waals surface area contributed by atoms with Gasteiger partial charge in [-0.15, -0.1) is 0 Å². The molecule has 1 fully saturated rings. The molecule has 27 heavy (non-hydrogen) atoms. The summed E-state index contributed by atoms with van der Waals surface area (Å²) >= 11 is 0. The topological polar surface area (TPSA) is 139 Å². The van der Waals surface area contributed by atoms with Crippen LogP contribution in [0.3, 0.4) is 0 Å². The summed E-state index contributed by atoms with van der Waals surface area (Å²) in [5, 5.41) is 29.3. The summed E-state index contributed by atoms with van der Waals surface area (Å²) in [5.41, 5.74) is 19.1. The number of phenolic OH excluding ortho intramolecular Hbond substituents is 3. The molecule has 1 saturated heterocycles. The molecule has 0 aliphatic carbocycles. The van der Waals surface area contributed by atoms with Crippen LogP contribution in [0.2, 0.25) is 0 Å². The van der Waals surface area contributed by atoms with E-state index < -0.39 is 31.6 Å². The van der Waals surface area contributed by atoms with E-state index in [1.807, 2.05) is 36.4 Å². The van der Waals surface area contributed by atoms with Gasteiger partial charge < -0.3 is 0 Å². The number of hydrogen-bond donors (Lipinski definition) is 6. The van der Waals surface area contributed by atoms with Gasteiger partial charge in [-0.25, -0.2) is 0 Å². The van der Waals surface area contributed by atoms with Crippen molar-refractivity contribution in [1.29, 1.82) is 0 Å². The van der Waals surface area contributed by atoms with Crippen molar-refractivity contribution in [1.82, 2.24) is 0 Å². The van der Waals surface area contributed by atoms with Gasteiger partial charge in [0, 0.05) is 0 Å². The van der Waals surface area contributed by atoms with E-state index in [4.69, 9.17) is 17.2 Å². The first-order valence-electron chi connectivity index (χ1n) is 8.02. The van der Waals surface area contributed by atoms with Crippen LogP contribution in [0.4, 0.5) is 17.1 Å². The molecule has 0 spiro atoms. The Morgan fingerprint density at radius 2 is 0.741 bits per heavy atom. The number of aromatic hydroxyl groups is 3. The Bertz CT molecular complexity index is 910. The maximum atomic E-state index is 9.77. The van der Waals surface area contributed by atoms with Crippen molar-refractivity contribution in [2.24, 2.45) is 0 Å². The van der Waals surface area contributed by atoms with Gasteiger partial charge in [0.25, 0.3) is 0 Å². The Morgan fingerprint density at radius 3 is 0.963 bits per heavy atom. The Morgan fingerprint density at radius 1 is 0.481 bits per heavy atom. The molecule has 9 N–H and O–H groups in total. The van der Waals surface area contributed by atoms with Gasteiger partial charge in [0.15, 0.2) is 0 Å². The van der Waals surface area contributed by atoms with Gasteiger partial charge in [0.05, 0.1) is 0 Å². The predicted molar refractivity (Wildman–Crippen MR) is 114 cm³/mol. The zero-order valence-corrected chi connectivity index (χ0v) is 19.7. The normalized spacial score (nSPS) is 21.1. The number of rotatable bonds is 3. The molecule has 0 saturated carbocycles. The minimum atomic E-state index is -1.34. The number of nitrogens with two attached hydrogens (primary N) is 3. The molecule has 0 unspecified atom stereocenters. The van der Waals surface area contributed by atoms with E-state index in [0.29, 0.717) is 17.1 Å². The summed E-state index contributed by atoms with van der Waals surface area (Å²) in [6, 6.07) is 16.8. The molecule has 1 aliphatic rings. The standard InChI is InChI=1S/C18H18As3N3O3/c22-13-7-10(1-4-16(13)25)19-20(11-2-5-17(26)14(23)8-11)21(19)12-3-6-18(27)15(24)9-12/h1-9,25-27H,22-24H2. The van der Waals surface area contributed by atoms with Gasteiger partial charge in [-0.05, 0) is 0 Å². The van der Waals surface area contributed by atoms with Gasteiger partial charge >= 0.3 is 166 Å². The minimum absolute atomic E-state index is 0.107. The monoisotopic (exact) mass is 549 g/mol. The third-order valence-corrected chi connectivity index (χ3v) is 77.7. The fourth-order valence-corrected chi connectivity index (χ4v) is 119. The summed E-state index contributed by atoms with van der Waals surface area (Å²) in [5.74, 6) is 0.321. The summed E-state index contributed by atoms with van der Waals surface area (Å²) in [7, 11) is -4.02. The molecule has 9 heteroatoms. The van der Waals surface area contributed by atoms with Crippen molar-refractivity contribution >= 4 is 61.7 Å². The molecule has 6 nitrogen and oxygen atoms in total. The summed E-state index contributed by atoms with van der Waals surface area (Å²) in [6.07, 6.45) is 0. The van der Waals surface area contributed by atoms with Crippen LogP contribution in [-0.4, -0.2) is 46.9 Å². The Labute approximate surface area is 165 Å². The van der Waals surface area contributed by atoms with E-state index in [1.165, 1.54) is 13.1 Å². The number of phenols is 3. The fraction of sp³-hybridized carbons (Fsp3) is 0. The molecule has 138 valence electrons. The molecular weight excluding hydrogens is 531 g/mol. The maximum absolute atomic E-state index is 9.77. The van der Waals surface area contributed by atoms with Crippen LogP contribution in [-0.2, 0) is 0 Å². The zero-order valence-electron chi connectivity index (χ0n) is 14.1. The number of nitrogen functional groups attached to an aromatic ring is 3. The molecule has 1 aliphatic heterocycles. The molecule has 0 atom stereocenters. The SMILES string of the molecule is Nc1cc([As]2[As](c3ccc(O)c(N)c3)[As]2c2ccc(O)c(N)c2)ccc1O. The summed E-state index contributed by atoms with van der Waals surface area (Å²) in [6.45, 7) is 0. The van der Waals surface area contributed by atoms with Crippen LogP contribution in [0.1, 0.15) is 0 Å². The van der Waals surface area contributed by atoms with Gasteiger partial charge in [0.2, 0.25) is 0 Å². The van der Waals surface area contributed by atoms with Gasteiger partial charge in [0.1, 0.15) is 0 Å². The van der Waals surface area contributed by atoms with Crippen LogP contribution < -0.4 is 30.3 Å². The average molecular weight is 549 g/mol. The summed E-state index contributed by atoms with van der Waals surface area (Å²) in [4.78, 5) is 0. The van der Waals surface area contributed by atoms with Crippen molar-refractivity contribution in [3.05, 3.63) is 54.6 Å². The molecule has 0 amide bonds.